The van der Waals surface area contributed by atoms with Crippen molar-refractivity contribution in [2.45, 2.75) is 58.6 Å². The first-order valence-electron chi connectivity index (χ1n) is 13.8. The van der Waals surface area contributed by atoms with Gasteiger partial charge in [-0.3, -0.25) is 0 Å². The summed E-state index contributed by atoms with van der Waals surface area (Å²) >= 11 is -0.120. The molecule has 0 saturated heterocycles. The van der Waals surface area contributed by atoms with E-state index in [1.807, 2.05) is 0 Å². The summed E-state index contributed by atoms with van der Waals surface area (Å²) in [4.78, 5) is 0. The van der Waals surface area contributed by atoms with E-state index in [9.17, 15) is 52.7 Å². The molecule has 7 nitrogen and oxygen atoms in total. The Labute approximate surface area is 291 Å². The fourth-order valence-corrected chi connectivity index (χ4v) is 5.13. The molecule has 275 valence electrons. The molecule has 0 bridgehead atoms. The van der Waals surface area contributed by atoms with Crippen LogP contribution in [0.25, 0.3) is 0 Å². The molecule has 0 aliphatic heterocycles. The third kappa shape index (κ3) is 8.22. The molecule has 1 unspecified atom stereocenters. The van der Waals surface area contributed by atoms with Crippen LogP contribution in [0.1, 0.15) is 40.3 Å². The van der Waals surface area contributed by atoms with Gasteiger partial charge >= 0.3 is 292 Å². The van der Waals surface area contributed by atoms with Crippen LogP contribution in [0.15, 0.2) is 0 Å². The van der Waals surface area contributed by atoms with E-state index in [0.29, 0.717) is 0 Å². The van der Waals surface area contributed by atoms with Crippen molar-refractivity contribution >= 4 is 0 Å². The normalized spacial score (nSPS) is 12.6. The van der Waals surface area contributed by atoms with Crippen LogP contribution >= 0.6 is 0 Å². The van der Waals surface area contributed by atoms with E-state index >= 15 is 0 Å². The summed E-state index contributed by atoms with van der Waals surface area (Å²) in [5.41, 5.74) is -7.64. The van der Waals surface area contributed by atoms with Crippen molar-refractivity contribution in [3.8, 4) is 0 Å². The van der Waals surface area contributed by atoms with Crippen LogP contribution in [0.5, 0.6) is 0 Å². The number of ether oxygens (including phenoxy) is 6. The van der Waals surface area contributed by atoms with E-state index < -0.39 is 155 Å². The van der Waals surface area contributed by atoms with Crippen molar-refractivity contribution in [2.75, 3.05) is 21.3 Å². The summed E-state index contributed by atoms with van der Waals surface area (Å²) in [6.07, 6.45) is -2.01. The zero-order chi connectivity index (χ0) is 37.7. The molecule has 0 aromatic heterocycles. The van der Waals surface area contributed by atoms with Crippen molar-refractivity contribution in [3.63, 3.8) is 0 Å². The van der Waals surface area contributed by atoms with Gasteiger partial charge in [-0.1, -0.05) is 0 Å². The maximum atomic E-state index is 14.9. The van der Waals surface area contributed by atoms with Crippen LogP contribution in [0.4, 0.5) is 52.7 Å². The molecule has 0 aliphatic rings. The SMILES string of the molecule is COCc1c(F)c(F)c(COC(C)C([O][Zr])(OCc2c(F)c(F)c(COC)c(F)c2F)OCc2c(F)c(F)c(COC)c(F)c2F)c(F)c1F. The van der Waals surface area contributed by atoms with Gasteiger partial charge in [0, 0.05) is 0 Å². The number of hydrogen-bond acceptors (Lipinski definition) is 7. The van der Waals surface area contributed by atoms with Crippen molar-refractivity contribution in [1.29, 1.82) is 0 Å². The van der Waals surface area contributed by atoms with Gasteiger partial charge < -0.3 is 0 Å². The van der Waals surface area contributed by atoms with Crippen molar-refractivity contribution in [3.05, 3.63) is 103 Å². The Bertz CT molecular complexity index is 1550. The Balaban J connectivity index is 2.08. The van der Waals surface area contributed by atoms with E-state index in [1.54, 1.807) is 0 Å². The number of rotatable bonds is 17. The standard InChI is InChI=1S/C30H25F12O7.Zr/c1-11(47-8-15-24(37)18(31)12(5-44-2)19(32)25(15)38)30(43,48-9-16-26(39)20(33)13(6-45-3)21(34)27(16)40)49-10-17-28(41)22(35)14(7-46-4)23(36)29(17)42;/h11H,5-10H2,1-4H3;/q-1;+1. The molecule has 0 aliphatic carbocycles. The molecule has 0 radical (unpaired) electrons. The first-order valence-corrected chi connectivity index (χ1v) is 14.8. The molecular formula is C30H25F12O7Zr. The van der Waals surface area contributed by atoms with Gasteiger partial charge in [-0.25, -0.2) is 0 Å². The average molecular weight is 817 g/mol. The van der Waals surface area contributed by atoms with Crippen LogP contribution in [0.2, 0.25) is 0 Å². The Kier molecular flexibility index (Phi) is 14.9. The van der Waals surface area contributed by atoms with Gasteiger partial charge in [-0.05, 0) is 0 Å². The number of hydrogen-bond donors (Lipinski definition) is 0. The molecule has 0 fully saturated rings. The summed E-state index contributed by atoms with van der Waals surface area (Å²) < 4.78 is 211. The second kappa shape index (κ2) is 17.8. The fraction of sp³-hybridized carbons (Fsp3) is 0.400. The minimum absolute atomic E-state index is 0.120. The third-order valence-corrected chi connectivity index (χ3v) is 7.85. The predicted octanol–water partition coefficient (Wildman–Crippen LogP) is 7.27. The van der Waals surface area contributed by atoms with Gasteiger partial charge in [-0.2, -0.15) is 0 Å². The zero-order valence-corrected chi connectivity index (χ0v) is 28.7. The van der Waals surface area contributed by atoms with Crippen LogP contribution < -0.4 is 0 Å². The summed E-state index contributed by atoms with van der Waals surface area (Å²) in [6, 6.07) is 0. The maximum absolute atomic E-state index is 14.9. The van der Waals surface area contributed by atoms with Gasteiger partial charge in [0.05, 0.1) is 0 Å². The molecule has 0 spiro atoms. The molecule has 3 rings (SSSR count). The molecule has 0 amide bonds. The van der Waals surface area contributed by atoms with E-state index in [-0.39, 0.29) is 25.2 Å². The average Bonchev–Trinajstić information content (AvgIpc) is 3.10. The molecule has 0 N–H and O–H groups in total. The van der Waals surface area contributed by atoms with Gasteiger partial charge in [0.2, 0.25) is 0 Å². The van der Waals surface area contributed by atoms with Crippen molar-refractivity contribution in [1.82, 2.24) is 0 Å². The Hall–Kier alpha value is -2.58. The second-order valence-electron chi connectivity index (χ2n) is 10.2. The number of benzene rings is 3. The van der Waals surface area contributed by atoms with E-state index in [0.717, 1.165) is 28.3 Å². The van der Waals surface area contributed by atoms with Crippen LogP contribution in [0, 0.1) is 69.8 Å². The van der Waals surface area contributed by atoms with Crippen molar-refractivity contribution in [2.24, 2.45) is 0 Å². The Morgan fingerprint density at radius 3 is 0.860 bits per heavy atom. The molecule has 50 heavy (non-hydrogen) atoms. The van der Waals surface area contributed by atoms with Crippen molar-refractivity contribution < 1.29 is 109 Å². The summed E-state index contributed by atoms with van der Waals surface area (Å²) in [5.74, 6) is -26.2. The van der Waals surface area contributed by atoms with Gasteiger partial charge in [0.25, 0.3) is 0 Å². The molecule has 0 saturated carbocycles. The molecule has 20 heteroatoms. The summed E-state index contributed by atoms with van der Waals surface area (Å²) in [6.45, 7) is -6.22. The first kappa shape index (κ1) is 41.8. The molecular weight excluding hydrogens is 792 g/mol. The van der Waals surface area contributed by atoms with E-state index in [4.69, 9.17) is 17.0 Å². The molecule has 1 atom stereocenters. The second-order valence-corrected chi connectivity index (χ2v) is 10.7. The fourth-order valence-electron chi connectivity index (χ4n) is 4.44. The number of halogens is 12. The quantitative estimate of drug-likeness (QED) is 0.0808. The number of methoxy groups -OCH3 is 3. The third-order valence-electron chi connectivity index (χ3n) is 7.15. The minimum atomic E-state index is -3.05. The van der Waals surface area contributed by atoms with E-state index in [1.165, 1.54) is 0 Å². The van der Waals surface area contributed by atoms with Gasteiger partial charge in [0.1, 0.15) is 0 Å². The van der Waals surface area contributed by atoms with Crippen LogP contribution in [-0.2, 0) is 96.0 Å². The summed E-state index contributed by atoms with van der Waals surface area (Å²) in [7, 11) is 2.94. The Morgan fingerprint density at radius 1 is 0.420 bits per heavy atom. The predicted molar refractivity (Wildman–Crippen MR) is 139 cm³/mol. The topological polar surface area (TPSA) is 64.6 Å². The molecule has 3 aromatic rings. The first-order chi connectivity index (χ1) is 23.5. The molecule has 3 aromatic carbocycles. The summed E-state index contributed by atoms with van der Waals surface area (Å²) in [5, 5.41) is 0. The van der Waals surface area contributed by atoms with Crippen LogP contribution in [0.3, 0.4) is 0 Å². The zero-order valence-electron chi connectivity index (χ0n) is 26.2. The monoisotopic (exact) mass is 815 g/mol. The van der Waals surface area contributed by atoms with E-state index in [2.05, 4.69) is 14.2 Å². The Morgan fingerprint density at radius 2 is 0.640 bits per heavy atom. The van der Waals surface area contributed by atoms with Gasteiger partial charge in [-0.15, -0.1) is 0 Å². The molecule has 0 heterocycles. The van der Waals surface area contributed by atoms with Crippen LogP contribution in [-0.4, -0.2) is 33.4 Å². The van der Waals surface area contributed by atoms with Gasteiger partial charge in [0.15, 0.2) is 0 Å².